The van der Waals surface area contributed by atoms with Crippen LogP contribution >= 0.6 is 31.9 Å². The predicted molar refractivity (Wildman–Crippen MR) is 102 cm³/mol. The molecule has 0 aliphatic rings. The number of phenols is 1. The van der Waals surface area contributed by atoms with Gasteiger partial charge in [0.2, 0.25) is 0 Å². The summed E-state index contributed by atoms with van der Waals surface area (Å²) in [6, 6.07) is 4.89. The van der Waals surface area contributed by atoms with Crippen LogP contribution in [0.1, 0.15) is 35.6 Å². The molecule has 27 heavy (non-hydrogen) atoms. The highest BCUT2D eigenvalue weighted by Crippen LogP contribution is 2.39. The quantitative estimate of drug-likeness (QED) is 0.443. The Kier molecular flexibility index (Phi) is 5.11. The predicted octanol–water partition coefficient (Wildman–Crippen LogP) is 6.02. The maximum atomic E-state index is 13.4. The van der Waals surface area contributed by atoms with Gasteiger partial charge in [-0.05, 0) is 62.5 Å². The fourth-order valence-corrected chi connectivity index (χ4v) is 4.10. The van der Waals surface area contributed by atoms with Crippen LogP contribution in [0.3, 0.4) is 0 Å². The number of alkyl halides is 3. The molecular weight excluding hydrogens is 493 g/mol. The SMILES string of the molecule is CCc1nc2cc(C(F)(F)F)cc(-c3cc(Br)c(O)c(Br)c3)n2c1C(C)=O. The molecule has 2 heterocycles. The van der Waals surface area contributed by atoms with Gasteiger partial charge in [0.05, 0.1) is 25.9 Å². The molecule has 0 spiro atoms. The molecule has 2 aromatic heterocycles. The first kappa shape index (κ1) is 19.9. The number of aryl methyl sites for hydroxylation is 1. The highest BCUT2D eigenvalue weighted by molar-refractivity contribution is 9.11. The monoisotopic (exact) mass is 504 g/mol. The van der Waals surface area contributed by atoms with E-state index in [1.54, 1.807) is 6.92 Å². The normalized spacial score (nSPS) is 12.0. The molecule has 0 unspecified atom stereocenters. The minimum atomic E-state index is -4.57. The van der Waals surface area contributed by atoms with Gasteiger partial charge in [-0.3, -0.25) is 9.20 Å². The van der Waals surface area contributed by atoms with Crippen molar-refractivity contribution in [1.82, 2.24) is 9.38 Å². The van der Waals surface area contributed by atoms with Gasteiger partial charge in [0, 0.05) is 12.5 Å². The summed E-state index contributed by atoms with van der Waals surface area (Å²) in [5, 5.41) is 9.91. The molecule has 9 heteroatoms. The van der Waals surface area contributed by atoms with E-state index in [9.17, 15) is 23.1 Å². The number of aromatic hydroxyl groups is 1. The molecular formula is C18H13Br2F3N2O2. The first-order valence-electron chi connectivity index (χ1n) is 7.86. The number of carbonyl (C=O) groups excluding carboxylic acids is 1. The van der Waals surface area contributed by atoms with E-state index in [2.05, 4.69) is 36.8 Å². The van der Waals surface area contributed by atoms with E-state index in [0.717, 1.165) is 12.1 Å². The van der Waals surface area contributed by atoms with Crippen LogP contribution in [0.15, 0.2) is 33.2 Å². The Labute approximate surface area is 169 Å². The number of fused-ring (bicyclic) bond motifs is 1. The Hall–Kier alpha value is -1.87. The largest absolute Gasteiger partial charge is 0.506 e. The zero-order valence-corrected chi connectivity index (χ0v) is 17.3. The third-order valence-electron chi connectivity index (χ3n) is 4.10. The first-order chi connectivity index (χ1) is 12.5. The van der Waals surface area contributed by atoms with E-state index >= 15 is 0 Å². The second-order valence-electron chi connectivity index (χ2n) is 5.93. The average molecular weight is 506 g/mol. The van der Waals surface area contributed by atoms with Crippen molar-refractivity contribution in [2.45, 2.75) is 26.4 Å². The number of benzene rings is 1. The van der Waals surface area contributed by atoms with Crippen molar-refractivity contribution in [3.05, 3.63) is 50.2 Å². The topological polar surface area (TPSA) is 54.6 Å². The molecule has 142 valence electrons. The number of imidazole rings is 1. The Morgan fingerprint density at radius 2 is 1.78 bits per heavy atom. The molecule has 0 aliphatic heterocycles. The van der Waals surface area contributed by atoms with Gasteiger partial charge in [-0.1, -0.05) is 6.92 Å². The minimum Gasteiger partial charge on any atom is -0.506 e. The molecule has 0 aliphatic carbocycles. The lowest BCUT2D eigenvalue weighted by molar-refractivity contribution is -0.137. The van der Waals surface area contributed by atoms with Gasteiger partial charge >= 0.3 is 6.18 Å². The molecule has 3 rings (SSSR count). The summed E-state index contributed by atoms with van der Waals surface area (Å²) in [6.45, 7) is 3.14. The fraction of sp³-hybridized carbons (Fsp3) is 0.222. The second kappa shape index (κ2) is 6.94. The maximum absolute atomic E-state index is 13.4. The maximum Gasteiger partial charge on any atom is 0.416 e. The van der Waals surface area contributed by atoms with Crippen LogP contribution in [-0.2, 0) is 12.6 Å². The van der Waals surface area contributed by atoms with Crippen LogP contribution in [-0.4, -0.2) is 20.3 Å². The standard InChI is InChI=1S/C18H13Br2F3N2O2/c1-3-13-16(8(2)26)25-14(9-4-11(19)17(27)12(20)5-9)6-10(18(21,22)23)7-15(25)24-13/h4-7,27H,3H2,1-2H3. The minimum absolute atomic E-state index is 0.0437. The number of hydrogen-bond donors (Lipinski definition) is 1. The number of Topliss-reactive ketones (excluding diaryl/α,β-unsaturated/α-hetero) is 1. The van der Waals surface area contributed by atoms with Crippen molar-refractivity contribution in [2.24, 2.45) is 0 Å². The Morgan fingerprint density at radius 3 is 2.26 bits per heavy atom. The van der Waals surface area contributed by atoms with Gasteiger partial charge in [-0.2, -0.15) is 13.2 Å². The number of halogens is 5. The van der Waals surface area contributed by atoms with E-state index in [1.807, 2.05) is 0 Å². The van der Waals surface area contributed by atoms with Crippen LogP contribution in [0, 0.1) is 0 Å². The number of aromatic nitrogens is 2. The van der Waals surface area contributed by atoms with Crippen LogP contribution < -0.4 is 0 Å². The molecule has 0 fully saturated rings. The van der Waals surface area contributed by atoms with Gasteiger partial charge < -0.3 is 5.11 Å². The number of hydrogen-bond acceptors (Lipinski definition) is 3. The average Bonchev–Trinajstić information content (AvgIpc) is 2.96. The second-order valence-corrected chi connectivity index (χ2v) is 7.63. The summed E-state index contributed by atoms with van der Waals surface area (Å²) in [7, 11) is 0. The van der Waals surface area contributed by atoms with E-state index in [-0.39, 0.29) is 28.6 Å². The molecule has 0 bridgehead atoms. The summed E-state index contributed by atoms with van der Waals surface area (Å²) in [5.74, 6) is -0.370. The Balaban J connectivity index is 2.48. The zero-order chi connectivity index (χ0) is 20.1. The lowest BCUT2D eigenvalue weighted by Crippen LogP contribution is -2.09. The van der Waals surface area contributed by atoms with E-state index < -0.39 is 11.7 Å². The first-order valence-corrected chi connectivity index (χ1v) is 9.45. The summed E-state index contributed by atoms with van der Waals surface area (Å²) in [5.41, 5.74) is 0.385. The molecule has 0 saturated heterocycles. The van der Waals surface area contributed by atoms with Crippen molar-refractivity contribution in [1.29, 1.82) is 0 Å². The molecule has 1 N–H and O–H groups in total. The van der Waals surface area contributed by atoms with Crippen LogP contribution in [0.5, 0.6) is 5.75 Å². The molecule has 1 aromatic carbocycles. The smallest absolute Gasteiger partial charge is 0.416 e. The van der Waals surface area contributed by atoms with Crippen molar-refractivity contribution >= 4 is 43.3 Å². The van der Waals surface area contributed by atoms with Crippen LogP contribution in [0.2, 0.25) is 0 Å². The van der Waals surface area contributed by atoms with Gasteiger partial charge in [0.15, 0.2) is 5.78 Å². The van der Waals surface area contributed by atoms with Gasteiger partial charge in [-0.25, -0.2) is 4.98 Å². The van der Waals surface area contributed by atoms with Gasteiger partial charge in [0.25, 0.3) is 0 Å². The molecule has 0 saturated carbocycles. The summed E-state index contributed by atoms with van der Waals surface area (Å²) in [4.78, 5) is 16.5. The van der Waals surface area contributed by atoms with Gasteiger partial charge in [0.1, 0.15) is 17.1 Å². The van der Waals surface area contributed by atoms with E-state index in [0.29, 0.717) is 26.6 Å². The fourth-order valence-electron chi connectivity index (χ4n) is 2.91. The number of ketones is 1. The zero-order valence-electron chi connectivity index (χ0n) is 14.2. The molecule has 3 aromatic rings. The van der Waals surface area contributed by atoms with Crippen LogP contribution in [0.25, 0.3) is 16.9 Å². The van der Waals surface area contributed by atoms with E-state index in [4.69, 9.17) is 0 Å². The Bertz CT molecular complexity index is 1050. The Morgan fingerprint density at radius 1 is 1.19 bits per heavy atom. The van der Waals surface area contributed by atoms with Gasteiger partial charge in [-0.15, -0.1) is 0 Å². The van der Waals surface area contributed by atoms with Crippen molar-refractivity contribution < 1.29 is 23.1 Å². The van der Waals surface area contributed by atoms with Crippen molar-refractivity contribution in [3.8, 4) is 17.0 Å². The number of pyridine rings is 1. The summed E-state index contributed by atoms with van der Waals surface area (Å²) < 4.78 is 42.3. The third kappa shape index (κ3) is 3.50. The summed E-state index contributed by atoms with van der Waals surface area (Å²) >= 11 is 6.38. The lowest BCUT2D eigenvalue weighted by atomic mass is 10.1. The lowest BCUT2D eigenvalue weighted by Gasteiger charge is -2.14. The molecule has 0 amide bonds. The third-order valence-corrected chi connectivity index (χ3v) is 5.31. The number of rotatable bonds is 3. The summed E-state index contributed by atoms with van der Waals surface area (Å²) in [6.07, 6.45) is -4.17. The number of phenolic OH excluding ortho intramolecular Hbond substituents is 1. The van der Waals surface area contributed by atoms with E-state index in [1.165, 1.54) is 23.5 Å². The van der Waals surface area contributed by atoms with Crippen LogP contribution in [0.4, 0.5) is 13.2 Å². The van der Waals surface area contributed by atoms with Crippen molar-refractivity contribution in [3.63, 3.8) is 0 Å². The number of nitrogens with zero attached hydrogens (tertiary/aromatic N) is 2. The molecule has 4 nitrogen and oxygen atoms in total. The van der Waals surface area contributed by atoms with Crippen molar-refractivity contribution in [2.75, 3.05) is 0 Å². The highest BCUT2D eigenvalue weighted by Gasteiger charge is 2.33. The molecule has 0 atom stereocenters. The highest BCUT2D eigenvalue weighted by atomic mass is 79.9. The molecule has 0 radical (unpaired) electrons. The number of carbonyl (C=O) groups is 1.